The van der Waals surface area contributed by atoms with Gasteiger partial charge in [-0.1, -0.05) is 12.1 Å². The number of ether oxygens (including phenoxy) is 2. The number of carbonyl (C=O) groups is 1. The summed E-state index contributed by atoms with van der Waals surface area (Å²) in [5.41, 5.74) is 3.35. The molecule has 1 fully saturated rings. The van der Waals surface area contributed by atoms with Crippen LogP contribution in [0.4, 0.5) is 0 Å². The van der Waals surface area contributed by atoms with E-state index in [9.17, 15) is 4.79 Å². The molecule has 0 unspecified atom stereocenters. The Morgan fingerprint density at radius 1 is 1.23 bits per heavy atom. The number of amides is 1. The Balaban J connectivity index is 1.65. The number of aryl methyl sites for hydroxylation is 1. The number of nitrogens with zero attached hydrogens (tertiary/aromatic N) is 3. The van der Waals surface area contributed by atoms with Gasteiger partial charge in [0.1, 0.15) is 6.61 Å². The first kappa shape index (κ1) is 19.9. The van der Waals surface area contributed by atoms with Crippen LogP contribution in [0.25, 0.3) is 0 Å². The number of carbonyl (C=O) groups excluding carboxylic acids is 1. The first-order chi connectivity index (χ1) is 14.7. The number of hydrogen-bond acceptors (Lipinski definition) is 5. The number of hydrogen-bond donors (Lipinski definition) is 1. The van der Waals surface area contributed by atoms with Crippen LogP contribution in [-0.4, -0.2) is 39.6 Å². The van der Waals surface area contributed by atoms with Crippen LogP contribution in [-0.2, 0) is 6.61 Å². The highest BCUT2D eigenvalue weighted by molar-refractivity contribution is 5.98. The molecule has 1 saturated heterocycles. The molecule has 0 radical (unpaired) electrons. The summed E-state index contributed by atoms with van der Waals surface area (Å²) in [5, 5.41) is 7.24. The minimum Gasteiger partial charge on any atom is -0.493 e. The molecule has 0 aliphatic carbocycles. The van der Waals surface area contributed by atoms with Crippen molar-refractivity contribution >= 4 is 5.91 Å². The van der Waals surface area contributed by atoms with Crippen molar-refractivity contribution in [3.05, 3.63) is 71.3 Å². The highest BCUT2D eigenvalue weighted by Crippen LogP contribution is 2.37. The molecular formula is C23H26N4O3. The van der Waals surface area contributed by atoms with Gasteiger partial charge in [-0.05, 0) is 56.0 Å². The molecule has 7 nitrogen and oxygen atoms in total. The third-order valence-corrected chi connectivity index (χ3v) is 5.48. The summed E-state index contributed by atoms with van der Waals surface area (Å²) in [6.07, 6.45) is 6.48. The van der Waals surface area contributed by atoms with Gasteiger partial charge in [0.15, 0.2) is 11.5 Å². The molecule has 1 aliphatic heterocycles. The minimum absolute atomic E-state index is 0.0245. The molecule has 1 aromatic carbocycles. The molecule has 1 aliphatic rings. The van der Waals surface area contributed by atoms with E-state index >= 15 is 0 Å². The standard InChI is InChI=1S/C23H26N4O3/c1-16-14-25-26-21(16)19-10-4-6-13-27(19)23(28)18-9-7-11-20(29-2)22(18)30-15-17-8-3-5-12-24-17/h3,5,7-9,11-12,14,19H,4,6,10,13,15H2,1-2H3,(H,25,26)/t19-/m1/s1. The van der Waals surface area contributed by atoms with Crippen LogP contribution in [0.5, 0.6) is 11.5 Å². The van der Waals surface area contributed by atoms with Crippen LogP contribution in [0.2, 0.25) is 0 Å². The van der Waals surface area contributed by atoms with Crippen molar-refractivity contribution in [2.45, 2.75) is 38.8 Å². The molecule has 0 saturated carbocycles. The van der Waals surface area contributed by atoms with E-state index in [2.05, 4.69) is 15.2 Å². The molecule has 1 N–H and O–H groups in total. The fourth-order valence-electron chi connectivity index (χ4n) is 3.95. The predicted molar refractivity (Wildman–Crippen MR) is 113 cm³/mol. The number of methoxy groups -OCH3 is 1. The lowest BCUT2D eigenvalue weighted by Gasteiger charge is -2.36. The number of piperidine rings is 1. The largest absolute Gasteiger partial charge is 0.493 e. The van der Waals surface area contributed by atoms with Gasteiger partial charge in [-0.25, -0.2) is 0 Å². The van der Waals surface area contributed by atoms with Gasteiger partial charge >= 0.3 is 0 Å². The zero-order valence-corrected chi connectivity index (χ0v) is 17.3. The van der Waals surface area contributed by atoms with Crippen LogP contribution < -0.4 is 9.47 Å². The molecule has 4 rings (SSSR count). The summed E-state index contributed by atoms with van der Waals surface area (Å²) >= 11 is 0. The SMILES string of the molecule is COc1cccc(C(=O)N2CCCC[C@@H]2c2[nH]ncc2C)c1OCc1ccccn1. The zero-order valence-electron chi connectivity index (χ0n) is 17.3. The maximum Gasteiger partial charge on any atom is 0.258 e. The first-order valence-corrected chi connectivity index (χ1v) is 10.2. The van der Waals surface area contributed by atoms with Crippen molar-refractivity contribution in [3.63, 3.8) is 0 Å². The molecule has 0 bridgehead atoms. The lowest BCUT2D eigenvalue weighted by molar-refractivity contribution is 0.0599. The second-order valence-electron chi connectivity index (χ2n) is 7.42. The number of para-hydroxylation sites is 1. The van der Waals surface area contributed by atoms with Crippen molar-refractivity contribution in [3.8, 4) is 11.5 Å². The second-order valence-corrected chi connectivity index (χ2v) is 7.42. The fraction of sp³-hybridized carbons (Fsp3) is 0.348. The Morgan fingerprint density at radius 3 is 2.87 bits per heavy atom. The molecular weight excluding hydrogens is 380 g/mol. The number of H-pyrrole nitrogens is 1. The Bertz CT molecular complexity index is 1000. The summed E-state index contributed by atoms with van der Waals surface area (Å²) in [6.45, 7) is 2.96. The summed E-state index contributed by atoms with van der Waals surface area (Å²) in [6, 6.07) is 11.0. The van der Waals surface area contributed by atoms with Gasteiger partial charge in [-0.15, -0.1) is 0 Å². The molecule has 3 aromatic rings. The van der Waals surface area contributed by atoms with Gasteiger partial charge in [0.05, 0.1) is 36.3 Å². The van der Waals surface area contributed by atoms with Crippen molar-refractivity contribution in [2.75, 3.05) is 13.7 Å². The van der Waals surface area contributed by atoms with E-state index in [1.54, 1.807) is 31.6 Å². The van der Waals surface area contributed by atoms with E-state index in [-0.39, 0.29) is 18.6 Å². The van der Waals surface area contributed by atoms with Crippen LogP contribution in [0, 0.1) is 6.92 Å². The molecule has 0 spiro atoms. The Labute approximate surface area is 176 Å². The topological polar surface area (TPSA) is 80.3 Å². The Morgan fingerprint density at radius 2 is 2.13 bits per heavy atom. The number of aromatic amines is 1. The van der Waals surface area contributed by atoms with E-state index in [0.717, 1.165) is 36.2 Å². The summed E-state index contributed by atoms with van der Waals surface area (Å²) in [5.74, 6) is 0.910. The number of aromatic nitrogens is 3. The van der Waals surface area contributed by atoms with Gasteiger partial charge in [0.25, 0.3) is 5.91 Å². The number of rotatable bonds is 6. The number of benzene rings is 1. The maximum absolute atomic E-state index is 13.7. The fourth-order valence-corrected chi connectivity index (χ4v) is 3.95. The van der Waals surface area contributed by atoms with E-state index in [4.69, 9.17) is 9.47 Å². The van der Waals surface area contributed by atoms with E-state index in [1.165, 1.54) is 0 Å². The van der Waals surface area contributed by atoms with Crippen LogP contribution in [0.1, 0.15) is 52.6 Å². The third kappa shape index (κ3) is 4.01. The number of likely N-dealkylation sites (tertiary alicyclic amines) is 1. The minimum atomic E-state index is -0.0661. The quantitative estimate of drug-likeness (QED) is 0.667. The predicted octanol–water partition coefficient (Wildman–Crippen LogP) is 4.07. The van der Waals surface area contributed by atoms with E-state index in [0.29, 0.717) is 23.6 Å². The average molecular weight is 406 g/mol. The van der Waals surface area contributed by atoms with Gasteiger partial charge < -0.3 is 14.4 Å². The molecule has 2 aromatic heterocycles. The highest BCUT2D eigenvalue weighted by Gasteiger charge is 2.32. The van der Waals surface area contributed by atoms with E-state index in [1.807, 2.05) is 36.1 Å². The number of nitrogens with one attached hydrogen (secondary N) is 1. The first-order valence-electron chi connectivity index (χ1n) is 10.2. The Hall–Kier alpha value is -3.35. The summed E-state index contributed by atoms with van der Waals surface area (Å²) in [4.78, 5) is 19.9. The lowest BCUT2D eigenvalue weighted by atomic mass is 9.96. The molecule has 1 atom stereocenters. The monoisotopic (exact) mass is 406 g/mol. The van der Waals surface area contributed by atoms with Crippen molar-refractivity contribution in [2.24, 2.45) is 0 Å². The van der Waals surface area contributed by atoms with Crippen LogP contribution in [0.3, 0.4) is 0 Å². The van der Waals surface area contributed by atoms with Gasteiger partial charge in [0.2, 0.25) is 0 Å². The van der Waals surface area contributed by atoms with Crippen molar-refractivity contribution in [1.29, 1.82) is 0 Å². The van der Waals surface area contributed by atoms with Crippen LogP contribution in [0.15, 0.2) is 48.8 Å². The molecule has 3 heterocycles. The highest BCUT2D eigenvalue weighted by atomic mass is 16.5. The van der Waals surface area contributed by atoms with Crippen molar-refractivity contribution in [1.82, 2.24) is 20.1 Å². The Kier molecular flexibility index (Phi) is 5.97. The maximum atomic E-state index is 13.7. The molecule has 30 heavy (non-hydrogen) atoms. The van der Waals surface area contributed by atoms with Crippen molar-refractivity contribution < 1.29 is 14.3 Å². The van der Waals surface area contributed by atoms with E-state index < -0.39 is 0 Å². The van der Waals surface area contributed by atoms with Gasteiger partial charge in [-0.3, -0.25) is 14.9 Å². The second kappa shape index (κ2) is 8.98. The number of pyridine rings is 1. The summed E-state index contributed by atoms with van der Waals surface area (Å²) < 4.78 is 11.5. The molecule has 1 amide bonds. The zero-order chi connectivity index (χ0) is 20.9. The van der Waals surface area contributed by atoms with Gasteiger partial charge in [0, 0.05) is 12.7 Å². The molecule has 7 heteroatoms. The average Bonchev–Trinajstić information content (AvgIpc) is 3.23. The normalized spacial score (nSPS) is 16.3. The summed E-state index contributed by atoms with van der Waals surface area (Å²) in [7, 11) is 1.58. The smallest absolute Gasteiger partial charge is 0.258 e. The molecule has 156 valence electrons. The van der Waals surface area contributed by atoms with Gasteiger partial charge in [-0.2, -0.15) is 5.10 Å². The third-order valence-electron chi connectivity index (χ3n) is 5.48. The van der Waals surface area contributed by atoms with Crippen LogP contribution >= 0.6 is 0 Å². The lowest BCUT2D eigenvalue weighted by Crippen LogP contribution is -2.39.